The second-order valence-electron chi connectivity index (χ2n) is 6.35. The van der Waals surface area contributed by atoms with Crippen LogP contribution in [0.2, 0.25) is 0 Å². The minimum absolute atomic E-state index is 0.0234. The molecule has 0 amide bonds. The van der Waals surface area contributed by atoms with Gasteiger partial charge in [0.2, 0.25) is 0 Å². The average Bonchev–Trinajstić information content (AvgIpc) is 3.12. The van der Waals surface area contributed by atoms with E-state index in [2.05, 4.69) is 25.6 Å². The number of aromatic nitrogens is 1. The van der Waals surface area contributed by atoms with Crippen molar-refractivity contribution in [2.45, 2.75) is 58.6 Å². The van der Waals surface area contributed by atoms with Gasteiger partial charge in [-0.15, -0.1) is 11.3 Å². The van der Waals surface area contributed by atoms with Gasteiger partial charge >= 0.3 is 5.97 Å². The van der Waals surface area contributed by atoms with Crippen molar-refractivity contribution in [2.75, 3.05) is 34.4 Å². The first-order chi connectivity index (χ1) is 13.0. The van der Waals surface area contributed by atoms with Crippen molar-refractivity contribution in [3.8, 4) is 0 Å². The van der Waals surface area contributed by atoms with E-state index >= 15 is 0 Å². The summed E-state index contributed by atoms with van der Waals surface area (Å²) in [6, 6.07) is 0. The summed E-state index contributed by atoms with van der Waals surface area (Å²) in [5, 5.41) is 6.45. The standard InChI is InChI=1S/C19H34N4O3S/c1-6-26-17(24)11-9-7-8-10-12-21-19(20-3)23(4)13-16-14-27-18(22-16)15(2)25-5/h14-15H,6-13H2,1-5H3,(H,20,21). The van der Waals surface area contributed by atoms with Gasteiger partial charge in [0.05, 0.1) is 18.8 Å². The Bertz CT molecular complexity index is 577. The van der Waals surface area contributed by atoms with Crippen LogP contribution in [0.5, 0.6) is 0 Å². The lowest BCUT2D eigenvalue weighted by Gasteiger charge is -2.21. The van der Waals surface area contributed by atoms with Crippen LogP contribution in [-0.4, -0.2) is 56.2 Å². The van der Waals surface area contributed by atoms with Gasteiger partial charge in [-0.3, -0.25) is 9.79 Å². The van der Waals surface area contributed by atoms with Crippen LogP contribution >= 0.6 is 11.3 Å². The van der Waals surface area contributed by atoms with Gasteiger partial charge in [-0.25, -0.2) is 4.98 Å². The van der Waals surface area contributed by atoms with Crippen LogP contribution in [0.4, 0.5) is 0 Å². The number of carbonyl (C=O) groups is 1. The summed E-state index contributed by atoms with van der Waals surface area (Å²) in [5.41, 5.74) is 1.02. The molecule has 1 aromatic rings. The Kier molecular flexibility index (Phi) is 11.7. The Morgan fingerprint density at radius 2 is 2.11 bits per heavy atom. The summed E-state index contributed by atoms with van der Waals surface area (Å²) in [4.78, 5) is 22.3. The molecule has 1 atom stereocenters. The van der Waals surface area contributed by atoms with E-state index in [1.54, 1.807) is 25.5 Å². The van der Waals surface area contributed by atoms with Gasteiger partial charge in [0.25, 0.3) is 0 Å². The van der Waals surface area contributed by atoms with E-state index in [1.165, 1.54) is 0 Å². The Morgan fingerprint density at radius 1 is 1.37 bits per heavy atom. The van der Waals surface area contributed by atoms with Gasteiger partial charge in [0, 0.05) is 39.6 Å². The van der Waals surface area contributed by atoms with Crippen LogP contribution < -0.4 is 5.32 Å². The fraction of sp³-hybridized carbons (Fsp3) is 0.737. The second-order valence-corrected chi connectivity index (χ2v) is 7.24. The fourth-order valence-corrected chi connectivity index (χ4v) is 3.41. The van der Waals surface area contributed by atoms with Crippen LogP contribution in [0.1, 0.15) is 62.8 Å². The third kappa shape index (κ3) is 9.19. The minimum atomic E-state index is -0.0947. The SMILES string of the molecule is CCOC(=O)CCCCCCNC(=NC)N(C)Cc1csc(C(C)OC)n1. The van der Waals surface area contributed by atoms with E-state index in [0.717, 1.165) is 48.9 Å². The molecule has 0 fully saturated rings. The van der Waals surface area contributed by atoms with Gasteiger partial charge in [0.15, 0.2) is 5.96 Å². The van der Waals surface area contributed by atoms with Crippen molar-refractivity contribution < 1.29 is 14.3 Å². The number of rotatable bonds is 12. The first kappa shape index (κ1) is 23.4. The largest absolute Gasteiger partial charge is 0.466 e. The topological polar surface area (TPSA) is 76.0 Å². The van der Waals surface area contributed by atoms with Crippen LogP contribution in [-0.2, 0) is 20.8 Å². The van der Waals surface area contributed by atoms with Gasteiger partial charge in [-0.05, 0) is 26.7 Å². The molecule has 8 heteroatoms. The molecule has 0 saturated carbocycles. The van der Waals surface area contributed by atoms with E-state index < -0.39 is 0 Å². The minimum Gasteiger partial charge on any atom is -0.466 e. The molecule has 1 unspecified atom stereocenters. The van der Waals surface area contributed by atoms with Crippen molar-refractivity contribution in [1.82, 2.24) is 15.2 Å². The number of aliphatic imine (C=N–C) groups is 1. The molecule has 0 saturated heterocycles. The molecule has 7 nitrogen and oxygen atoms in total. The average molecular weight is 399 g/mol. The summed E-state index contributed by atoms with van der Waals surface area (Å²) in [6.45, 7) is 5.86. The highest BCUT2D eigenvalue weighted by Crippen LogP contribution is 2.20. The Hall–Kier alpha value is -1.67. The number of thiazole rings is 1. The van der Waals surface area contributed by atoms with Crippen molar-refractivity contribution in [1.29, 1.82) is 0 Å². The number of hydrogen-bond donors (Lipinski definition) is 1. The normalized spacial score (nSPS) is 12.7. The predicted octanol–water partition coefficient (Wildman–Crippen LogP) is 3.37. The summed E-state index contributed by atoms with van der Waals surface area (Å²) >= 11 is 1.62. The highest BCUT2D eigenvalue weighted by molar-refractivity contribution is 7.09. The third-order valence-corrected chi connectivity index (χ3v) is 5.19. The van der Waals surface area contributed by atoms with Gasteiger partial charge in [0.1, 0.15) is 11.1 Å². The van der Waals surface area contributed by atoms with E-state index in [9.17, 15) is 4.79 Å². The summed E-state index contributed by atoms with van der Waals surface area (Å²) in [5.74, 6) is 0.763. The molecule has 0 aliphatic carbocycles. The molecule has 0 aliphatic heterocycles. The Labute approximate surface area is 167 Å². The molecule has 0 bridgehead atoms. The van der Waals surface area contributed by atoms with Crippen molar-refractivity contribution in [2.24, 2.45) is 4.99 Å². The smallest absolute Gasteiger partial charge is 0.305 e. The predicted molar refractivity (Wildman–Crippen MR) is 110 cm³/mol. The summed E-state index contributed by atoms with van der Waals surface area (Å²) in [7, 11) is 5.49. The molecular formula is C19H34N4O3S. The molecule has 1 rings (SSSR count). The zero-order valence-corrected chi connectivity index (χ0v) is 18.1. The van der Waals surface area contributed by atoms with E-state index in [4.69, 9.17) is 9.47 Å². The molecule has 154 valence electrons. The number of ether oxygens (including phenoxy) is 2. The lowest BCUT2D eigenvalue weighted by atomic mass is 10.1. The number of methoxy groups -OCH3 is 1. The summed E-state index contributed by atoms with van der Waals surface area (Å²) in [6.07, 6.45) is 4.59. The number of hydrogen-bond acceptors (Lipinski definition) is 6. The molecule has 1 N–H and O–H groups in total. The molecule has 0 aliphatic rings. The molecule has 0 radical (unpaired) electrons. The van der Waals surface area contributed by atoms with E-state index in [-0.39, 0.29) is 12.1 Å². The number of carbonyl (C=O) groups excluding carboxylic acids is 1. The van der Waals surface area contributed by atoms with Crippen LogP contribution in [0.3, 0.4) is 0 Å². The lowest BCUT2D eigenvalue weighted by Crippen LogP contribution is -2.38. The van der Waals surface area contributed by atoms with Gasteiger partial charge < -0.3 is 19.7 Å². The van der Waals surface area contributed by atoms with Crippen LogP contribution in [0.15, 0.2) is 10.4 Å². The number of esters is 1. The number of guanidine groups is 1. The highest BCUT2D eigenvalue weighted by Gasteiger charge is 2.12. The summed E-state index contributed by atoms with van der Waals surface area (Å²) < 4.78 is 10.2. The van der Waals surface area contributed by atoms with Crippen molar-refractivity contribution >= 4 is 23.3 Å². The molecule has 0 spiro atoms. The van der Waals surface area contributed by atoms with Crippen LogP contribution in [0, 0.1) is 0 Å². The van der Waals surface area contributed by atoms with Crippen LogP contribution in [0.25, 0.3) is 0 Å². The maximum atomic E-state index is 11.3. The van der Waals surface area contributed by atoms with Gasteiger partial charge in [-0.1, -0.05) is 12.8 Å². The molecule has 1 aromatic heterocycles. The quantitative estimate of drug-likeness (QED) is 0.252. The number of unbranched alkanes of at least 4 members (excludes halogenated alkanes) is 3. The Morgan fingerprint density at radius 3 is 2.78 bits per heavy atom. The first-order valence-electron chi connectivity index (χ1n) is 9.56. The highest BCUT2D eigenvalue weighted by atomic mass is 32.1. The van der Waals surface area contributed by atoms with Crippen molar-refractivity contribution in [3.63, 3.8) is 0 Å². The molecule has 0 aromatic carbocycles. The maximum absolute atomic E-state index is 11.3. The second kappa shape index (κ2) is 13.5. The van der Waals surface area contributed by atoms with E-state index in [0.29, 0.717) is 19.6 Å². The molecular weight excluding hydrogens is 364 g/mol. The molecule has 27 heavy (non-hydrogen) atoms. The zero-order chi connectivity index (χ0) is 20.1. The first-order valence-corrected chi connectivity index (χ1v) is 10.4. The van der Waals surface area contributed by atoms with E-state index in [1.807, 2.05) is 20.9 Å². The zero-order valence-electron chi connectivity index (χ0n) is 17.3. The Balaban J connectivity index is 2.25. The lowest BCUT2D eigenvalue weighted by molar-refractivity contribution is -0.143. The monoisotopic (exact) mass is 398 g/mol. The third-order valence-electron chi connectivity index (χ3n) is 4.14. The number of nitrogens with one attached hydrogen (secondary N) is 1. The van der Waals surface area contributed by atoms with Crippen molar-refractivity contribution in [3.05, 3.63) is 16.1 Å². The fourth-order valence-electron chi connectivity index (χ4n) is 2.57. The molecule has 1 heterocycles. The maximum Gasteiger partial charge on any atom is 0.305 e. The van der Waals surface area contributed by atoms with Gasteiger partial charge in [-0.2, -0.15) is 0 Å². The number of nitrogens with zero attached hydrogens (tertiary/aromatic N) is 3.